The van der Waals surface area contributed by atoms with Gasteiger partial charge in [-0.05, 0) is 64.1 Å². The quantitative estimate of drug-likeness (QED) is 0.623. The van der Waals surface area contributed by atoms with Crippen LogP contribution in [-0.2, 0) is 4.74 Å². The van der Waals surface area contributed by atoms with Gasteiger partial charge in [-0.15, -0.1) is 0 Å². The number of allylic oxidation sites excluding steroid dienone is 1. The molecule has 3 rings (SSSR count). The molecule has 0 spiro atoms. The molecular weight excluding hydrogens is 322 g/mol. The zero-order chi connectivity index (χ0) is 16.9. The summed E-state index contributed by atoms with van der Waals surface area (Å²) in [5.74, 6) is 0. The standard InChI is InChI=1S/C18H29N3O2S/c1-14-13-21(18(22)23-14)16-8-11-20(12-9-16)17(24)19-10-7-15-5-3-2-4-6-15/h5,14,16H,2-4,6-13H2,1H3,(H,19,24). The molecule has 6 heteroatoms. The van der Waals surface area contributed by atoms with Gasteiger partial charge in [0.1, 0.15) is 6.10 Å². The number of likely N-dealkylation sites (tertiary alicyclic amines) is 1. The molecule has 2 fully saturated rings. The molecule has 5 nitrogen and oxygen atoms in total. The fourth-order valence-corrected chi connectivity index (χ4v) is 4.17. The van der Waals surface area contributed by atoms with Crippen molar-refractivity contribution in [2.24, 2.45) is 0 Å². The number of amides is 1. The van der Waals surface area contributed by atoms with Gasteiger partial charge >= 0.3 is 6.09 Å². The van der Waals surface area contributed by atoms with Crippen LogP contribution in [0.5, 0.6) is 0 Å². The lowest BCUT2D eigenvalue weighted by Crippen LogP contribution is -2.49. The van der Waals surface area contributed by atoms with E-state index in [9.17, 15) is 4.79 Å². The molecule has 0 bridgehead atoms. The molecule has 1 amide bonds. The Hall–Kier alpha value is -1.30. The van der Waals surface area contributed by atoms with Crippen LogP contribution in [0.4, 0.5) is 4.79 Å². The highest BCUT2D eigenvalue weighted by molar-refractivity contribution is 7.80. The number of nitrogens with zero attached hydrogens (tertiary/aromatic N) is 2. The predicted molar refractivity (Wildman–Crippen MR) is 99.0 cm³/mol. The fourth-order valence-electron chi connectivity index (χ4n) is 3.88. The molecule has 0 radical (unpaired) electrons. The smallest absolute Gasteiger partial charge is 0.410 e. The van der Waals surface area contributed by atoms with Crippen molar-refractivity contribution in [2.45, 2.75) is 64.0 Å². The molecule has 134 valence electrons. The molecule has 2 aliphatic heterocycles. The van der Waals surface area contributed by atoms with Crippen LogP contribution >= 0.6 is 12.2 Å². The SMILES string of the molecule is CC1CN(C2CCN(C(=S)NCCC3=CCCCC3)CC2)C(=O)O1. The van der Waals surface area contributed by atoms with E-state index in [0.29, 0.717) is 6.04 Å². The normalized spacial score (nSPS) is 25.5. The van der Waals surface area contributed by atoms with Crippen molar-refractivity contribution in [1.29, 1.82) is 0 Å². The van der Waals surface area contributed by atoms with Crippen molar-refractivity contribution in [3.8, 4) is 0 Å². The van der Waals surface area contributed by atoms with E-state index in [2.05, 4.69) is 16.3 Å². The first-order chi connectivity index (χ1) is 11.6. The van der Waals surface area contributed by atoms with E-state index in [1.807, 2.05) is 11.8 Å². The third-order valence-corrected chi connectivity index (χ3v) is 5.69. The first-order valence-corrected chi connectivity index (χ1v) is 9.72. The molecule has 0 aromatic rings. The van der Waals surface area contributed by atoms with Crippen molar-refractivity contribution >= 4 is 23.4 Å². The second-order valence-corrected chi connectivity index (χ2v) is 7.54. The number of rotatable bonds is 4. The minimum Gasteiger partial charge on any atom is -0.444 e. The zero-order valence-electron chi connectivity index (χ0n) is 14.6. The first kappa shape index (κ1) is 17.5. The van der Waals surface area contributed by atoms with E-state index < -0.39 is 0 Å². The number of carbonyl (C=O) groups is 1. The molecule has 1 unspecified atom stereocenters. The first-order valence-electron chi connectivity index (χ1n) is 9.31. The Kier molecular flexibility index (Phi) is 5.98. The molecule has 3 aliphatic rings. The van der Waals surface area contributed by atoms with Crippen molar-refractivity contribution < 1.29 is 9.53 Å². The number of carbonyl (C=O) groups excluding carboxylic acids is 1. The second-order valence-electron chi connectivity index (χ2n) is 7.16. The highest BCUT2D eigenvalue weighted by Crippen LogP contribution is 2.23. The Bertz CT molecular complexity index is 500. The maximum atomic E-state index is 11.8. The molecule has 2 heterocycles. The van der Waals surface area contributed by atoms with Crippen molar-refractivity contribution in [1.82, 2.24) is 15.1 Å². The van der Waals surface area contributed by atoms with Gasteiger partial charge in [-0.1, -0.05) is 11.6 Å². The summed E-state index contributed by atoms with van der Waals surface area (Å²) in [6, 6.07) is 0.300. The van der Waals surface area contributed by atoms with Gasteiger partial charge in [-0.2, -0.15) is 0 Å². The lowest BCUT2D eigenvalue weighted by Gasteiger charge is -2.37. The van der Waals surface area contributed by atoms with Crippen molar-refractivity contribution in [3.05, 3.63) is 11.6 Å². The van der Waals surface area contributed by atoms with Gasteiger partial charge in [-0.3, -0.25) is 0 Å². The molecule has 24 heavy (non-hydrogen) atoms. The number of piperidine rings is 1. The average Bonchev–Trinajstić information content (AvgIpc) is 2.94. The Labute approximate surface area is 150 Å². The summed E-state index contributed by atoms with van der Waals surface area (Å²) in [7, 11) is 0. The third-order valence-electron chi connectivity index (χ3n) is 5.29. The zero-order valence-corrected chi connectivity index (χ0v) is 15.4. The van der Waals surface area contributed by atoms with Gasteiger partial charge in [0, 0.05) is 25.7 Å². The Morgan fingerprint density at radius 1 is 1.38 bits per heavy atom. The molecular formula is C18H29N3O2S. The number of ether oxygens (including phenoxy) is 1. The van der Waals surface area contributed by atoms with E-state index in [1.54, 1.807) is 5.57 Å². The van der Waals surface area contributed by atoms with Gasteiger partial charge in [0.05, 0.1) is 6.54 Å². The Morgan fingerprint density at radius 2 is 2.17 bits per heavy atom. The highest BCUT2D eigenvalue weighted by atomic mass is 32.1. The van der Waals surface area contributed by atoms with Crippen LogP contribution in [0.25, 0.3) is 0 Å². The second kappa shape index (κ2) is 8.19. The van der Waals surface area contributed by atoms with Crippen molar-refractivity contribution in [3.63, 3.8) is 0 Å². The summed E-state index contributed by atoms with van der Waals surface area (Å²) in [5, 5.41) is 4.27. The number of hydrogen-bond donors (Lipinski definition) is 1. The maximum absolute atomic E-state index is 11.8. The van der Waals surface area contributed by atoms with E-state index in [-0.39, 0.29) is 12.2 Å². The van der Waals surface area contributed by atoms with E-state index >= 15 is 0 Å². The van der Waals surface area contributed by atoms with Crippen LogP contribution in [0.15, 0.2) is 11.6 Å². The lowest BCUT2D eigenvalue weighted by molar-refractivity contribution is 0.123. The van der Waals surface area contributed by atoms with Gasteiger partial charge in [-0.25, -0.2) is 4.79 Å². The number of hydrogen-bond acceptors (Lipinski definition) is 3. The van der Waals surface area contributed by atoms with Crippen LogP contribution in [0.3, 0.4) is 0 Å². The Morgan fingerprint density at radius 3 is 2.79 bits per heavy atom. The minimum atomic E-state index is -0.151. The van der Waals surface area contributed by atoms with Gasteiger partial charge in [0.25, 0.3) is 0 Å². The van der Waals surface area contributed by atoms with Crippen molar-refractivity contribution in [2.75, 3.05) is 26.2 Å². The summed E-state index contributed by atoms with van der Waals surface area (Å²) in [4.78, 5) is 16.0. The number of thiocarbonyl (C=S) groups is 1. The van der Waals surface area contributed by atoms with E-state index in [0.717, 1.165) is 50.6 Å². The largest absolute Gasteiger partial charge is 0.444 e. The molecule has 1 atom stereocenters. The third kappa shape index (κ3) is 4.41. The maximum Gasteiger partial charge on any atom is 0.410 e. The molecule has 1 N–H and O–H groups in total. The van der Waals surface area contributed by atoms with E-state index in [1.165, 1.54) is 25.7 Å². The summed E-state index contributed by atoms with van der Waals surface area (Å²) in [6.45, 7) is 5.43. The summed E-state index contributed by atoms with van der Waals surface area (Å²) in [6.07, 6.45) is 10.5. The number of cyclic esters (lactones) is 1. The summed E-state index contributed by atoms with van der Waals surface area (Å²) in [5.41, 5.74) is 1.58. The minimum absolute atomic E-state index is 0.0207. The van der Waals surface area contributed by atoms with E-state index in [4.69, 9.17) is 17.0 Å². The fraction of sp³-hybridized carbons (Fsp3) is 0.778. The van der Waals surface area contributed by atoms with Crippen LogP contribution in [0, 0.1) is 0 Å². The van der Waals surface area contributed by atoms with Gasteiger partial charge in [0.15, 0.2) is 5.11 Å². The lowest BCUT2D eigenvalue weighted by atomic mass is 9.97. The average molecular weight is 352 g/mol. The monoisotopic (exact) mass is 351 g/mol. The summed E-state index contributed by atoms with van der Waals surface area (Å²) >= 11 is 5.55. The van der Waals surface area contributed by atoms with Crippen LogP contribution in [-0.4, -0.2) is 59.3 Å². The molecule has 2 saturated heterocycles. The molecule has 0 aromatic carbocycles. The predicted octanol–water partition coefficient (Wildman–Crippen LogP) is 3.06. The molecule has 1 aliphatic carbocycles. The van der Waals surface area contributed by atoms with Crippen LogP contribution in [0.2, 0.25) is 0 Å². The molecule has 0 saturated carbocycles. The Balaban J connectivity index is 1.37. The van der Waals surface area contributed by atoms with Crippen LogP contribution < -0.4 is 5.32 Å². The highest BCUT2D eigenvalue weighted by Gasteiger charge is 2.35. The van der Waals surface area contributed by atoms with Crippen LogP contribution in [0.1, 0.15) is 51.9 Å². The van der Waals surface area contributed by atoms with Gasteiger partial charge in [0.2, 0.25) is 0 Å². The van der Waals surface area contributed by atoms with Gasteiger partial charge < -0.3 is 19.9 Å². The number of nitrogens with one attached hydrogen (secondary N) is 1. The molecule has 0 aromatic heterocycles. The topological polar surface area (TPSA) is 44.8 Å². The summed E-state index contributed by atoms with van der Waals surface area (Å²) < 4.78 is 5.24.